The molecule has 6 heteroatoms. The molecule has 0 saturated heterocycles. The van der Waals surface area contributed by atoms with E-state index in [4.69, 9.17) is 4.74 Å². The highest BCUT2D eigenvalue weighted by molar-refractivity contribution is 9.10. The third kappa shape index (κ3) is 3.46. The van der Waals surface area contributed by atoms with Gasteiger partial charge < -0.3 is 4.74 Å². The molecule has 0 N–H and O–H groups in total. The second-order valence-corrected chi connectivity index (χ2v) is 5.06. The number of nitrogens with zero attached hydrogens (tertiary/aromatic N) is 1. The quantitative estimate of drug-likeness (QED) is 0.465. The van der Waals surface area contributed by atoms with Crippen LogP contribution in [-0.4, -0.2) is 17.3 Å². The third-order valence-corrected chi connectivity index (χ3v) is 3.50. The SMILES string of the molecule is CCOc1ccc(C(=O)c2ccc(Br)c([N+](=O)[O-])c2)cc1. The van der Waals surface area contributed by atoms with Gasteiger partial charge in [-0.2, -0.15) is 0 Å². The minimum Gasteiger partial charge on any atom is -0.494 e. The van der Waals surface area contributed by atoms with Crippen LogP contribution < -0.4 is 4.74 Å². The van der Waals surface area contributed by atoms with Gasteiger partial charge in [0, 0.05) is 17.2 Å². The first kappa shape index (κ1) is 15.2. The molecule has 0 aliphatic heterocycles. The third-order valence-electron chi connectivity index (χ3n) is 2.83. The molecule has 2 rings (SSSR count). The minimum absolute atomic E-state index is 0.133. The summed E-state index contributed by atoms with van der Waals surface area (Å²) in [5.74, 6) is 0.407. The zero-order valence-corrected chi connectivity index (χ0v) is 12.8. The Hall–Kier alpha value is -2.21. The monoisotopic (exact) mass is 349 g/mol. The van der Waals surface area contributed by atoms with Crippen LogP contribution in [0.2, 0.25) is 0 Å². The average Bonchev–Trinajstić information content (AvgIpc) is 2.48. The number of ether oxygens (including phenoxy) is 1. The smallest absolute Gasteiger partial charge is 0.284 e. The molecule has 0 aromatic heterocycles. The molecular formula is C15H12BrNO4. The van der Waals surface area contributed by atoms with E-state index in [0.717, 1.165) is 0 Å². The topological polar surface area (TPSA) is 69.4 Å². The highest BCUT2D eigenvalue weighted by atomic mass is 79.9. The van der Waals surface area contributed by atoms with Gasteiger partial charge in [-0.1, -0.05) is 0 Å². The summed E-state index contributed by atoms with van der Waals surface area (Å²) >= 11 is 3.09. The van der Waals surface area contributed by atoms with E-state index in [-0.39, 0.29) is 17.0 Å². The fraction of sp³-hybridized carbons (Fsp3) is 0.133. The molecule has 0 aliphatic carbocycles. The molecule has 0 fully saturated rings. The number of rotatable bonds is 5. The number of carbonyl (C=O) groups excluding carboxylic acids is 1. The minimum atomic E-state index is -0.529. The number of nitro groups is 1. The van der Waals surface area contributed by atoms with Crippen LogP contribution in [0.15, 0.2) is 46.9 Å². The lowest BCUT2D eigenvalue weighted by Crippen LogP contribution is -2.03. The van der Waals surface area contributed by atoms with E-state index in [1.807, 2.05) is 6.92 Å². The first-order valence-electron chi connectivity index (χ1n) is 6.24. The lowest BCUT2D eigenvalue weighted by molar-refractivity contribution is -0.385. The number of halogens is 1. The summed E-state index contributed by atoms with van der Waals surface area (Å²) in [7, 11) is 0. The summed E-state index contributed by atoms with van der Waals surface area (Å²) in [5, 5.41) is 10.9. The summed E-state index contributed by atoms with van der Waals surface area (Å²) < 4.78 is 5.65. The molecule has 0 atom stereocenters. The molecule has 0 heterocycles. The van der Waals surface area contributed by atoms with Crippen molar-refractivity contribution < 1.29 is 14.5 Å². The zero-order valence-electron chi connectivity index (χ0n) is 11.2. The predicted molar refractivity (Wildman–Crippen MR) is 81.8 cm³/mol. The molecule has 2 aromatic rings. The van der Waals surface area contributed by atoms with Crippen LogP contribution >= 0.6 is 15.9 Å². The van der Waals surface area contributed by atoms with E-state index in [1.165, 1.54) is 12.1 Å². The van der Waals surface area contributed by atoms with Crippen LogP contribution in [0, 0.1) is 10.1 Å². The molecule has 5 nitrogen and oxygen atoms in total. The van der Waals surface area contributed by atoms with Crippen molar-refractivity contribution in [1.82, 2.24) is 0 Å². The molecule has 2 aromatic carbocycles. The first-order chi connectivity index (χ1) is 10.0. The number of ketones is 1. The summed E-state index contributed by atoms with van der Waals surface area (Å²) in [4.78, 5) is 22.7. The van der Waals surface area contributed by atoms with Crippen LogP contribution in [0.5, 0.6) is 5.75 Å². The van der Waals surface area contributed by atoms with Gasteiger partial charge in [-0.25, -0.2) is 0 Å². The second-order valence-electron chi connectivity index (χ2n) is 4.21. The fourth-order valence-electron chi connectivity index (χ4n) is 1.83. The zero-order chi connectivity index (χ0) is 15.4. The van der Waals surface area contributed by atoms with Gasteiger partial charge in [0.25, 0.3) is 5.69 Å². The maximum Gasteiger partial charge on any atom is 0.284 e. The largest absolute Gasteiger partial charge is 0.494 e. The van der Waals surface area contributed by atoms with Crippen LogP contribution in [0.4, 0.5) is 5.69 Å². The molecule has 0 bridgehead atoms. The number of nitro benzene ring substituents is 1. The van der Waals surface area contributed by atoms with Crippen molar-refractivity contribution in [2.45, 2.75) is 6.92 Å². The average molecular weight is 350 g/mol. The van der Waals surface area contributed by atoms with E-state index >= 15 is 0 Å². The van der Waals surface area contributed by atoms with Gasteiger partial charge in [0.2, 0.25) is 0 Å². The van der Waals surface area contributed by atoms with Crippen molar-refractivity contribution in [3.63, 3.8) is 0 Å². The summed E-state index contributed by atoms with van der Waals surface area (Å²) in [5.41, 5.74) is 0.593. The fourth-order valence-corrected chi connectivity index (χ4v) is 2.22. The Bertz CT molecular complexity index is 683. The van der Waals surface area contributed by atoms with Gasteiger partial charge in [0.15, 0.2) is 5.78 Å². The summed E-state index contributed by atoms with van der Waals surface area (Å²) in [6, 6.07) is 11.0. The van der Waals surface area contributed by atoms with E-state index in [9.17, 15) is 14.9 Å². The lowest BCUT2D eigenvalue weighted by Gasteiger charge is -2.05. The molecule has 0 spiro atoms. The van der Waals surface area contributed by atoms with Crippen molar-refractivity contribution >= 4 is 27.4 Å². The number of hydrogen-bond acceptors (Lipinski definition) is 4. The number of benzene rings is 2. The van der Waals surface area contributed by atoms with Crippen LogP contribution in [-0.2, 0) is 0 Å². The van der Waals surface area contributed by atoms with Gasteiger partial charge in [-0.05, 0) is 59.3 Å². The molecule has 0 amide bonds. The van der Waals surface area contributed by atoms with Gasteiger partial charge in [-0.15, -0.1) is 0 Å². The Kier molecular flexibility index (Phi) is 4.70. The molecule has 21 heavy (non-hydrogen) atoms. The standard InChI is InChI=1S/C15H12BrNO4/c1-2-21-12-6-3-10(4-7-12)15(18)11-5-8-13(16)14(9-11)17(19)20/h3-9H,2H2,1H3. The van der Waals surface area contributed by atoms with Crippen molar-refractivity contribution in [3.8, 4) is 5.75 Å². The van der Waals surface area contributed by atoms with Crippen LogP contribution in [0.25, 0.3) is 0 Å². The molecule has 108 valence electrons. The van der Waals surface area contributed by atoms with E-state index in [0.29, 0.717) is 22.4 Å². The van der Waals surface area contributed by atoms with Crippen molar-refractivity contribution in [1.29, 1.82) is 0 Å². The Morgan fingerprint density at radius 2 is 1.81 bits per heavy atom. The predicted octanol–water partition coefficient (Wildman–Crippen LogP) is 3.99. The highest BCUT2D eigenvalue weighted by Gasteiger charge is 2.17. The second kappa shape index (κ2) is 6.49. The molecule has 0 aliphatic rings. The molecule has 0 saturated carbocycles. The van der Waals surface area contributed by atoms with Gasteiger partial charge >= 0.3 is 0 Å². The van der Waals surface area contributed by atoms with Gasteiger partial charge in [0.1, 0.15) is 5.75 Å². The number of carbonyl (C=O) groups is 1. The lowest BCUT2D eigenvalue weighted by atomic mass is 10.0. The highest BCUT2D eigenvalue weighted by Crippen LogP contribution is 2.27. The van der Waals surface area contributed by atoms with Crippen molar-refractivity contribution in [2.24, 2.45) is 0 Å². The number of hydrogen-bond donors (Lipinski definition) is 0. The Morgan fingerprint density at radius 1 is 1.19 bits per heavy atom. The Labute approximate surface area is 129 Å². The van der Waals surface area contributed by atoms with Crippen molar-refractivity contribution in [3.05, 3.63) is 68.2 Å². The van der Waals surface area contributed by atoms with Crippen LogP contribution in [0.3, 0.4) is 0 Å². The van der Waals surface area contributed by atoms with Gasteiger partial charge in [-0.3, -0.25) is 14.9 Å². The molecule has 0 unspecified atom stereocenters. The van der Waals surface area contributed by atoms with Crippen molar-refractivity contribution in [2.75, 3.05) is 6.61 Å². The Morgan fingerprint density at radius 3 is 2.38 bits per heavy atom. The summed E-state index contributed by atoms with van der Waals surface area (Å²) in [6.07, 6.45) is 0. The van der Waals surface area contributed by atoms with E-state index in [1.54, 1.807) is 30.3 Å². The molecule has 0 radical (unpaired) electrons. The van der Waals surface area contributed by atoms with Crippen LogP contribution in [0.1, 0.15) is 22.8 Å². The Balaban J connectivity index is 2.31. The van der Waals surface area contributed by atoms with E-state index in [2.05, 4.69) is 15.9 Å². The maximum atomic E-state index is 12.3. The molecular weight excluding hydrogens is 338 g/mol. The maximum absolute atomic E-state index is 12.3. The van der Waals surface area contributed by atoms with Gasteiger partial charge in [0.05, 0.1) is 16.0 Å². The van der Waals surface area contributed by atoms with E-state index < -0.39 is 4.92 Å². The normalized spacial score (nSPS) is 10.2. The summed E-state index contributed by atoms with van der Waals surface area (Å²) in [6.45, 7) is 2.42. The first-order valence-corrected chi connectivity index (χ1v) is 7.03.